The van der Waals surface area contributed by atoms with Crippen molar-refractivity contribution < 1.29 is 19.1 Å². The first-order valence-electron chi connectivity index (χ1n) is 7.75. The van der Waals surface area contributed by atoms with E-state index in [0.717, 1.165) is 6.07 Å². The van der Waals surface area contributed by atoms with Gasteiger partial charge < -0.3 is 15.7 Å². The number of amides is 2. The van der Waals surface area contributed by atoms with Crippen LogP contribution in [-0.4, -0.2) is 29.6 Å². The van der Waals surface area contributed by atoms with E-state index in [0.29, 0.717) is 6.42 Å². The highest BCUT2D eigenvalue weighted by Crippen LogP contribution is 2.17. The Hall–Kier alpha value is -1.95. The molecule has 23 heavy (non-hydrogen) atoms. The molecule has 128 valence electrons. The van der Waals surface area contributed by atoms with E-state index in [2.05, 4.69) is 10.6 Å². The van der Waals surface area contributed by atoms with Gasteiger partial charge in [-0.25, -0.2) is 4.39 Å². The lowest BCUT2D eigenvalue weighted by Crippen LogP contribution is -2.38. The molecule has 0 aliphatic rings. The average molecular weight is 324 g/mol. The predicted molar refractivity (Wildman–Crippen MR) is 87.7 cm³/mol. The molecule has 0 bridgehead atoms. The van der Waals surface area contributed by atoms with E-state index in [9.17, 15) is 14.0 Å². The Morgan fingerprint density at radius 3 is 2.39 bits per heavy atom. The first-order valence-corrected chi connectivity index (χ1v) is 7.75. The van der Waals surface area contributed by atoms with Crippen LogP contribution in [0.5, 0.6) is 0 Å². The summed E-state index contributed by atoms with van der Waals surface area (Å²) in [6.07, 6.45) is 0.304. The number of aliphatic hydroxyl groups is 1. The molecule has 0 heterocycles. The largest absolute Gasteiger partial charge is 0.396 e. The maximum absolute atomic E-state index is 14.0. The Kier molecular flexibility index (Phi) is 7.16. The lowest BCUT2D eigenvalue weighted by Gasteiger charge is -2.19. The van der Waals surface area contributed by atoms with E-state index >= 15 is 0 Å². The SMILES string of the molecule is CC(C)CC(=O)Nc1ccc(C(=O)NC(C)C(C)CO)cc1F. The number of aliphatic hydroxyl groups excluding tert-OH is 1. The van der Waals surface area contributed by atoms with Crippen LogP contribution in [0.4, 0.5) is 10.1 Å². The molecule has 0 saturated heterocycles. The van der Waals surface area contributed by atoms with Gasteiger partial charge in [-0.1, -0.05) is 20.8 Å². The molecule has 1 aromatic rings. The fraction of sp³-hybridized carbons (Fsp3) is 0.529. The second-order valence-corrected chi connectivity index (χ2v) is 6.26. The normalized spacial score (nSPS) is 13.5. The summed E-state index contributed by atoms with van der Waals surface area (Å²) < 4.78 is 14.0. The smallest absolute Gasteiger partial charge is 0.251 e. The molecule has 0 spiro atoms. The third-order valence-corrected chi connectivity index (χ3v) is 3.60. The van der Waals surface area contributed by atoms with Crippen LogP contribution in [0.15, 0.2) is 18.2 Å². The van der Waals surface area contributed by atoms with Crippen LogP contribution in [0, 0.1) is 17.7 Å². The van der Waals surface area contributed by atoms with E-state index in [4.69, 9.17) is 5.11 Å². The molecule has 5 nitrogen and oxygen atoms in total. The minimum atomic E-state index is -0.655. The molecule has 0 saturated carbocycles. The van der Waals surface area contributed by atoms with Gasteiger partial charge in [0.15, 0.2) is 0 Å². The third-order valence-electron chi connectivity index (χ3n) is 3.60. The minimum absolute atomic E-state index is 0.0450. The van der Waals surface area contributed by atoms with Crippen LogP contribution in [0.25, 0.3) is 0 Å². The van der Waals surface area contributed by atoms with Crippen molar-refractivity contribution in [1.82, 2.24) is 5.32 Å². The van der Waals surface area contributed by atoms with Crippen molar-refractivity contribution in [2.75, 3.05) is 11.9 Å². The lowest BCUT2D eigenvalue weighted by molar-refractivity contribution is -0.116. The zero-order valence-corrected chi connectivity index (χ0v) is 14.0. The molecule has 0 aliphatic heterocycles. The van der Waals surface area contributed by atoms with Crippen molar-refractivity contribution in [3.63, 3.8) is 0 Å². The second kappa shape index (κ2) is 8.62. The van der Waals surface area contributed by atoms with Gasteiger partial charge in [-0.3, -0.25) is 9.59 Å². The zero-order valence-electron chi connectivity index (χ0n) is 14.0. The standard InChI is InChI=1S/C17H25FN2O3/c1-10(2)7-16(22)20-15-6-5-13(8-14(15)18)17(23)19-12(4)11(3)9-21/h5-6,8,10-12,21H,7,9H2,1-4H3,(H,19,23)(H,20,22). The van der Waals surface area contributed by atoms with Crippen molar-refractivity contribution in [3.8, 4) is 0 Å². The molecule has 2 atom stereocenters. The number of rotatable bonds is 7. The van der Waals surface area contributed by atoms with Gasteiger partial charge in [0.05, 0.1) is 5.69 Å². The highest BCUT2D eigenvalue weighted by molar-refractivity contribution is 5.96. The molecule has 0 aliphatic carbocycles. The van der Waals surface area contributed by atoms with Gasteiger partial charge in [-0.15, -0.1) is 0 Å². The van der Waals surface area contributed by atoms with E-state index in [1.54, 1.807) is 13.8 Å². The number of nitrogens with one attached hydrogen (secondary N) is 2. The van der Waals surface area contributed by atoms with Crippen molar-refractivity contribution in [2.45, 2.75) is 40.2 Å². The van der Waals surface area contributed by atoms with Gasteiger partial charge in [0.2, 0.25) is 5.91 Å². The van der Waals surface area contributed by atoms with Crippen LogP contribution in [0.1, 0.15) is 44.5 Å². The first kappa shape index (κ1) is 19.1. The highest BCUT2D eigenvalue weighted by atomic mass is 19.1. The summed E-state index contributed by atoms with van der Waals surface area (Å²) in [5.41, 5.74) is 0.227. The fourth-order valence-corrected chi connectivity index (χ4v) is 1.92. The van der Waals surface area contributed by atoms with Crippen molar-refractivity contribution in [2.24, 2.45) is 11.8 Å². The number of carbonyl (C=O) groups is 2. The van der Waals surface area contributed by atoms with Crippen LogP contribution in [0.3, 0.4) is 0 Å². The molecule has 2 unspecified atom stereocenters. The van der Waals surface area contributed by atoms with E-state index in [-0.39, 0.29) is 41.6 Å². The summed E-state index contributed by atoms with van der Waals surface area (Å²) in [7, 11) is 0. The second-order valence-electron chi connectivity index (χ2n) is 6.26. The van der Waals surface area contributed by atoms with Crippen molar-refractivity contribution in [1.29, 1.82) is 0 Å². The molecule has 2 amide bonds. The summed E-state index contributed by atoms with van der Waals surface area (Å²) in [5.74, 6) is -1.26. The van der Waals surface area contributed by atoms with Crippen LogP contribution < -0.4 is 10.6 Å². The Morgan fingerprint density at radius 2 is 1.87 bits per heavy atom. The number of carbonyl (C=O) groups excluding carboxylic acids is 2. The number of anilines is 1. The van der Waals surface area contributed by atoms with Gasteiger partial charge >= 0.3 is 0 Å². The summed E-state index contributed by atoms with van der Waals surface area (Å²) in [6, 6.07) is 3.69. The van der Waals surface area contributed by atoms with Crippen LogP contribution in [0.2, 0.25) is 0 Å². The summed E-state index contributed by atoms with van der Waals surface area (Å²) in [6.45, 7) is 7.33. The monoisotopic (exact) mass is 324 g/mol. The summed E-state index contributed by atoms with van der Waals surface area (Å²) >= 11 is 0. The van der Waals surface area contributed by atoms with Gasteiger partial charge in [-0.2, -0.15) is 0 Å². The average Bonchev–Trinajstić information content (AvgIpc) is 2.47. The fourth-order valence-electron chi connectivity index (χ4n) is 1.92. The number of benzene rings is 1. The van der Waals surface area contributed by atoms with Gasteiger partial charge in [0.25, 0.3) is 5.91 Å². The molecule has 1 rings (SSSR count). The molecule has 0 fully saturated rings. The summed E-state index contributed by atoms with van der Waals surface area (Å²) in [5, 5.41) is 14.3. The van der Waals surface area contributed by atoms with Crippen molar-refractivity contribution in [3.05, 3.63) is 29.6 Å². The Morgan fingerprint density at radius 1 is 1.22 bits per heavy atom. The quantitative estimate of drug-likeness (QED) is 0.721. The van der Waals surface area contributed by atoms with E-state index in [1.165, 1.54) is 12.1 Å². The third kappa shape index (κ3) is 5.98. The van der Waals surface area contributed by atoms with Crippen LogP contribution in [-0.2, 0) is 4.79 Å². The van der Waals surface area contributed by atoms with E-state index < -0.39 is 11.7 Å². The van der Waals surface area contributed by atoms with Gasteiger partial charge in [0.1, 0.15) is 5.82 Å². The lowest BCUT2D eigenvalue weighted by atomic mass is 10.0. The molecule has 0 aromatic heterocycles. The van der Waals surface area contributed by atoms with Crippen LogP contribution >= 0.6 is 0 Å². The Bertz CT molecular complexity index is 561. The topological polar surface area (TPSA) is 78.4 Å². The van der Waals surface area contributed by atoms with Gasteiger partial charge in [-0.05, 0) is 37.0 Å². The van der Waals surface area contributed by atoms with Gasteiger partial charge in [0, 0.05) is 24.6 Å². The van der Waals surface area contributed by atoms with E-state index in [1.807, 2.05) is 13.8 Å². The highest BCUT2D eigenvalue weighted by Gasteiger charge is 2.17. The first-order chi connectivity index (χ1) is 10.7. The number of halogens is 1. The molecule has 3 N–H and O–H groups in total. The number of hydrogen-bond donors (Lipinski definition) is 3. The zero-order chi connectivity index (χ0) is 17.6. The maximum Gasteiger partial charge on any atom is 0.251 e. The molecule has 6 heteroatoms. The minimum Gasteiger partial charge on any atom is -0.396 e. The Labute approximate surface area is 136 Å². The molecular weight excluding hydrogens is 299 g/mol. The molecular formula is C17H25FN2O3. The molecule has 0 radical (unpaired) electrons. The number of hydrogen-bond acceptors (Lipinski definition) is 3. The Balaban J connectivity index is 2.75. The predicted octanol–water partition coefficient (Wildman–Crippen LogP) is 2.56. The summed E-state index contributed by atoms with van der Waals surface area (Å²) in [4.78, 5) is 23.7. The van der Waals surface area contributed by atoms with Crippen molar-refractivity contribution >= 4 is 17.5 Å². The molecule has 1 aromatic carbocycles. The maximum atomic E-state index is 14.0.